The number of hydrogen-bond acceptors (Lipinski definition) is 4. The number of hydrogen-bond donors (Lipinski definition) is 2. The fraction of sp³-hybridized carbons (Fsp3) is 0.480. The van der Waals surface area contributed by atoms with Gasteiger partial charge in [-0.05, 0) is 48.6 Å². The van der Waals surface area contributed by atoms with Gasteiger partial charge in [-0.15, -0.1) is 0 Å². The highest BCUT2D eigenvalue weighted by molar-refractivity contribution is 5.94. The molecule has 1 fully saturated rings. The van der Waals surface area contributed by atoms with Crippen LogP contribution < -0.4 is 15.5 Å². The lowest BCUT2D eigenvalue weighted by molar-refractivity contribution is 0.0827. The third-order valence-electron chi connectivity index (χ3n) is 5.71. The van der Waals surface area contributed by atoms with Gasteiger partial charge in [0.25, 0.3) is 5.91 Å². The lowest BCUT2D eigenvalue weighted by Crippen LogP contribution is -2.37. The first kappa shape index (κ1) is 23.6. The minimum atomic E-state index is 0.0211. The first-order valence-electron chi connectivity index (χ1n) is 11.5. The Morgan fingerprint density at radius 3 is 2.50 bits per heavy atom. The van der Waals surface area contributed by atoms with E-state index in [1.807, 2.05) is 30.5 Å². The van der Waals surface area contributed by atoms with Crippen molar-refractivity contribution in [2.75, 3.05) is 45.7 Å². The van der Waals surface area contributed by atoms with Gasteiger partial charge < -0.3 is 20.4 Å². The van der Waals surface area contributed by atoms with Gasteiger partial charge in [0.1, 0.15) is 5.82 Å². The molecule has 1 aliphatic rings. The Bertz CT molecular complexity index is 886. The highest BCUT2D eigenvalue weighted by Gasteiger charge is 2.11. The van der Waals surface area contributed by atoms with E-state index in [1.54, 1.807) is 26.0 Å². The van der Waals surface area contributed by atoms with Gasteiger partial charge in [-0.1, -0.05) is 31.0 Å². The Balaban J connectivity index is 1.45. The molecule has 172 valence electrons. The van der Waals surface area contributed by atoms with E-state index in [9.17, 15) is 4.79 Å². The van der Waals surface area contributed by atoms with E-state index in [4.69, 9.17) is 0 Å². The second-order valence-electron chi connectivity index (χ2n) is 8.43. The van der Waals surface area contributed by atoms with Gasteiger partial charge in [0.2, 0.25) is 0 Å². The molecule has 2 aromatic rings. The van der Waals surface area contributed by atoms with E-state index in [-0.39, 0.29) is 5.91 Å². The first-order valence-corrected chi connectivity index (χ1v) is 11.5. The summed E-state index contributed by atoms with van der Waals surface area (Å²) in [6.45, 7) is 3.60. The van der Waals surface area contributed by atoms with E-state index >= 15 is 0 Å². The summed E-state index contributed by atoms with van der Waals surface area (Å²) in [6, 6.07) is 12.0. The summed E-state index contributed by atoms with van der Waals surface area (Å²) in [7, 11) is 5.31. The zero-order valence-corrected chi connectivity index (χ0v) is 19.6. The van der Waals surface area contributed by atoms with Gasteiger partial charge in [0.05, 0.1) is 0 Å². The summed E-state index contributed by atoms with van der Waals surface area (Å²) in [5.74, 6) is 1.85. The highest BCUT2D eigenvalue weighted by atomic mass is 16.2. The fourth-order valence-corrected chi connectivity index (χ4v) is 3.86. The van der Waals surface area contributed by atoms with Crippen molar-refractivity contribution in [1.29, 1.82) is 0 Å². The third kappa shape index (κ3) is 6.97. The molecule has 0 bridgehead atoms. The van der Waals surface area contributed by atoms with Crippen molar-refractivity contribution in [2.45, 2.75) is 38.6 Å². The number of anilines is 1. The second kappa shape index (κ2) is 12.1. The molecule has 0 radical (unpaired) electrons. The zero-order valence-electron chi connectivity index (χ0n) is 19.6. The standard InChI is InChI=1S/C25H36N6O/c1-26-25(27-14-13-20-9-8-10-22(17-20)24(32)30(2)3)29-19-21-11-12-23(28-18-21)31-15-6-4-5-7-16-31/h8-12,17-18H,4-7,13-16,19H2,1-3H3,(H2,26,27,29). The number of amides is 1. The molecule has 1 amide bonds. The normalized spacial score (nSPS) is 14.6. The van der Waals surface area contributed by atoms with Gasteiger partial charge in [-0.2, -0.15) is 0 Å². The number of aliphatic imine (C=N–C) groups is 1. The Morgan fingerprint density at radius 1 is 1.06 bits per heavy atom. The van der Waals surface area contributed by atoms with Crippen molar-refractivity contribution in [3.8, 4) is 0 Å². The molecule has 0 unspecified atom stereocenters. The van der Waals surface area contributed by atoms with E-state index in [2.05, 4.69) is 37.6 Å². The van der Waals surface area contributed by atoms with Crippen molar-refractivity contribution >= 4 is 17.7 Å². The fourth-order valence-electron chi connectivity index (χ4n) is 3.86. The van der Waals surface area contributed by atoms with Gasteiger partial charge in [-0.25, -0.2) is 4.98 Å². The number of rotatable bonds is 7. The molecule has 0 aliphatic carbocycles. The average Bonchev–Trinajstić information content (AvgIpc) is 3.11. The number of nitrogens with one attached hydrogen (secondary N) is 2. The van der Waals surface area contributed by atoms with Crippen LogP contribution in [0.25, 0.3) is 0 Å². The molecule has 2 N–H and O–H groups in total. The van der Waals surface area contributed by atoms with Crippen LogP contribution in [0.3, 0.4) is 0 Å². The Hall–Kier alpha value is -3.09. The van der Waals surface area contributed by atoms with E-state index in [0.29, 0.717) is 12.1 Å². The van der Waals surface area contributed by atoms with Crippen LogP contribution in [0.5, 0.6) is 0 Å². The van der Waals surface area contributed by atoms with Crippen LogP contribution >= 0.6 is 0 Å². The summed E-state index contributed by atoms with van der Waals surface area (Å²) in [5.41, 5.74) is 2.96. The van der Waals surface area contributed by atoms with Crippen molar-refractivity contribution in [3.05, 3.63) is 59.3 Å². The summed E-state index contributed by atoms with van der Waals surface area (Å²) < 4.78 is 0. The molecule has 1 aromatic carbocycles. The number of pyridine rings is 1. The SMILES string of the molecule is CN=C(NCCc1cccc(C(=O)N(C)C)c1)NCc1ccc(N2CCCCCC2)nc1. The molecule has 3 rings (SSSR count). The lowest BCUT2D eigenvalue weighted by atomic mass is 10.1. The summed E-state index contributed by atoms with van der Waals surface area (Å²) in [6.07, 6.45) is 7.91. The van der Waals surface area contributed by atoms with E-state index in [1.165, 1.54) is 25.7 Å². The van der Waals surface area contributed by atoms with Crippen molar-refractivity contribution in [2.24, 2.45) is 4.99 Å². The van der Waals surface area contributed by atoms with Crippen LogP contribution in [-0.4, -0.2) is 62.5 Å². The van der Waals surface area contributed by atoms with Crippen molar-refractivity contribution in [3.63, 3.8) is 0 Å². The molecule has 7 nitrogen and oxygen atoms in total. The molecule has 1 aromatic heterocycles. The molecule has 2 heterocycles. The number of nitrogens with zero attached hydrogens (tertiary/aromatic N) is 4. The van der Waals surface area contributed by atoms with Gasteiger partial charge >= 0.3 is 0 Å². The summed E-state index contributed by atoms with van der Waals surface area (Å²) in [5, 5.41) is 6.69. The minimum absolute atomic E-state index is 0.0211. The summed E-state index contributed by atoms with van der Waals surface area (Å²) in [4.78, 5) is 25.1. The molecule has 0 spiro atoms. The zero-order chi connectivity index (χ0) is 22.8. The van der Waals surface area contributed by atoms with Crippen LogP contribution in [0.2, 0.25) is 0 Å². The highest BCUT2D eigenvalue weighted by Crippen LogP contribution is 2.17. The Morgan fingerprint density at radius 2 is 1.84 bits per heavy atom. The molecular formula is C25H36N6O. The first-order chi connectivity index (χ1) is 15.6. The maximum absolute atomic E-state index is 12.1. The smallest absolute Gasteiger partial charge is 0.253 e. The number of carbonyl (C=O) groups excluding carboxylic acids is 1. The molecule has 0 atom stereocenters. The van der Waals surface area contributed by atoms with Gasteiger partial charge in [0.15, 0.2) is 5.96 Å². The molecule has 0 saturated carbocycles. The monoisotopic (exact) mass is 436 g/mol. The molecule has 7 heteroatoms. The van der Waals surface area contributed by atoms with Crippen LogP contribution in [0, 0.1) is 0 Å². The molecule has 1 saturated heterocycles. The number of benzene rings is 1. The van der Waals surface area contributed by atoms with Crippen LogP contribution in [0.15, 0.2) is 47.6 Å². The predicted molar refractivity (Wildman–Crippen MR) is 131 cm³/mol. The van der Waals surface area contributed by atoms with Crippen LogP contribution in [-0.2, 0) is 13.0 Å². The molecule has 32 heavy (non-hydrogen) atoms. The number of carbonyl (C=O) groups is 1. The van der Waals surface area contributed by atoms with E-state index < -0.39 is 0 Å². The topological polar surface area (TPSA) is 72.9 Å². The average molecular weight is 437 g/mol. The number of aromatic nitrogens is 1. The van der Waals surface area contributed by atoms with Crippen molar-refractivity contribution < 1.29 is 4.79 Å². The largest absolute Gasteiger partial charge is 0.357 e. The maximum Gasteiger partial charge on any atom is 0.253 e. The van der Waals surface area contributed by atoms with Crippen LogP contribution in [0.4, 0.5) is 5.82 Å². The van der Waals surface area contributed by atoms with E-state index in [0.717, 1.165) is 49.0 Å². The van der Waals surface area contributed by atoms with Gasteiger partial charge in [-0.3, -0.25) is 9.79 Å². The quantitative estimate of drug-likeness (QED) is 0.516. The number of guanidine groups is 1. The summed E-state index contributed by atoms with van der Waals surface area (Å²) >= 11 is 0. The second-order valence-corrected chi connectivity index (χ2v) is 8.43. The predicted octanol–water partition coefficient (Wildman–Crippen LogP) is 3.07. The van der Waals surface area contributed by atoms with Crippen molar-refractivity contribution in [1.82, 2.24) is 20.5 Å². The Labute approximate surface area is 191 Å². The lowest BCUT2D eigenvalue weighted by Gasteiger charge is -2.21. The molecule has 1 aliphatic heterocycles. The molecular weight excluding hydrogens is 400 g/mol. The minimum Gasteiger partial charge on any atom is -0.357 e. The van der Waals surface area contributed by atoms with Crippen LogP contribution in [0.1, 0.15) is 47.2 Å². The van der Waals surface area contributed by atoms with Gasteiger partial charge in [0, 0.05) is 59.1 Å². The maximum atomic E-state index is 12.1. The Kier molecular flexibility index (Phi) is 8.90. The third-order valence-corrected chi connectivity index (χ3v) is 5.71.